The minimum absolute atomic E-state index is 0.327. The molecule has 126 valence electrons. The molecule has 23 heavy (non-hydrogen) atoms. The van der Waals surface area contributed by atoms with Crippen LogP contribution in [0.4, 0.5) is 0 Å². The third-order valence-electron chi connectivity index (χ3n) is 4.74. The van der Waals surface area contributed by atoms with Gasteiger partial charge in [-0.15, -0.1) is 0 Å². The molecule has 0 spiro atoms. The second-order valence-electron chi connectivity index (χ2n) is 6.30. The first-order chi connectivity index (χ1) is 11.1. The van der Waals surface area contributed by atoms with Crippen LogP contribution in [0.5, 0.6) is 0 Å². The zero-order valence-corrected chi connectivity index (χ0v) is 14.2. The van der Waals surface area contributed by atoms with Gasteiger partial charge in [0.05, 0.1) is 19.0 Å². The van der Waals surface area contributed by atoms with E-state index in [4.69, 9.17) is 16.0 Å². The Labute approximate surface area is 141 Å². The molecule has 0 radical (unpaired) electrons. The summed E-state index contributed by atoms with van der Waals surface area (Å²) in [7, 11) is 1.94. The Hall–Kier alpha value is -1.30. The van der Waals surface area contributed by atoms with Crippen molar-refractivity contribution in [3.05, 3.63) is 41.3 Å². The van der Waals surface area contributed by atoms with Crippen molar-refractivity contribution < 1.29 is 9.52 Å². The van der Waals surface area contributed by atoms with E-state index < -0.39 is 6.10 Å². The number of hydrogen-bond acceptors (Lipinski definition) is 4. The summed E-state index contributed by atoms with van der Waals surface area (Å²) in [4.78, 5) is 6.84. The molecule has 1 aliphatic heterocycles. The summed E-state index contributed by atoms with van der Waals surface area (Å²) in [5, 5.41) is 11.1. The van der Waals surface area contributed by atoms with Gasteiger partial charge in [-0.25, -0.2) is 4.98 Å². The lowest BCUT2D eigenvalue weighted by atomic mass is 10.0. The summed E-state index contributed by atoms with van der Waals surface area (Å²) in [5.41, 5.74) is 0. The first-order valence-electron chi connectivity index (χ1n) is 8.26. The van der Waals surface area contributed by atoms with E-state index in [0.29, 0.717) is 23.4 Å². The number of rotatable bonds is 5. The zero-order valence-electron chi connectivity index (χ0n) is 13.5. The molecule has 0 amide bonds. The molecule has 3 rings (SSSR count). The molecule has 0 saturated carbocycles. The molecule has 0 aromatic carbocycles. The molecule has 2 unspecified atom stereocenters. The monoisotopic (exact) mass is 337 g/mol. The second kappa shape index (κ2) is 7.51. The van der Waals surface area contributed by atoms with Crippen LogP contribution in [-0.4, -0.2) is 32.1 Å². The van der Waals surface area contributed by atoms with Crippen molar-refractivity contribution in [2.75, 3.05) is 6.54 Å². The van der Waals surface area contributed by atoms with Gasteiger partial charge in [0.1, 0.15) is 22.8 Å². The van der Waals surface area contributed by atoms with Crippen LogP contribution in [-0.2, 0) is 13.6 Å². The Morgan fingerprint density at radius 3 is 3.00 bits per heavy atom. The van der Waals surface area contributed by atoms with E-state index in [-0.39, 0.29) is 0 Å². The lowest BCUT2D eigenvalue weighted by Gasteiger charge is -2.30. The fourth-order valence-electron chi connectivity index (χ4n) is 3.32. The topological polar surface area (TPSA) is 54.4 Å². The normalized spacial score (nSPS) is 21.3. The van der Waals surface area contributed by atoms with Gasteiger partial charge < -0.3 is 14.1 Å². The standard InChI is InChI=1S/C17H24ClN3O2/c1-20-16(18)11-19-17(20)12-21-8-4-2-3-6-13(21)10-14(22)15-7-5-9-23-15/h5,7,9,11,13-14,22H,2-4,6,8,10,12H2,1H3. The van der Waals surface area contributed by atoms with E-state index in [2.05, 4.69) is 9.88 Å². The molecule has 2 aromatic rings. The highest BCUT2D eigenvalue weighted by Gasteiger charge is 2.26. The van der Waals surface area contributed by atoms with Gasteiger partial charge >= 0.3 is 0 Å². The summed E-state index contributed by atoms with van der Waals surface area (Å²) in [6.07, 6.45) is 8.16. The van der Waals surface area contributed by atoms with Gasteiger partial charge in [-0.05, 0) is 37.9 Å². The number of likely N-dealkylation sites (tertiary alicyclic amines) is 1. The van der Waals surface area contributed by atoms with Crippen molar-refractivity contribution in [1.82, 2.24) is 14.5 Å². The molecule has 2 atom stereocenters. The van der Waals surface area contributed by atoms with E-state index in [1.807, 2.05) is 23.7 Å². The predicted octanol–water partition coefficient (Wildman–Crippen LogP) is 3.53. The zero-order chi connectivity index (χ0) is 16.2. The maximum absolute atomic E-state index is 10.4. The number of halogens is 1. The average molecular weight is 338 g/mol. The number of aliphatic hydroxyl groups excluding tert-OH is 1. The molecule has 1 saturated heterocycles. The van der Waals surface area contributed by atoms with Gasteiger partial charge in [-0.2, -0.15) is 0 Å². The number of imidazole rings is 1. The molecule has 0 aliphatic carbocycles. The molecule has 0 bridgehead atoms. The number of aromatic nitrogens is 2. The van der Waals surface area contributed by atoms with Crippen molar-refractivity contribution in [1.29, 1.82) is 0 Å². The number of hydrogen-bond donors (Lipinski definition) is 1. The van der Waals surface area contributed by atoms with Crippen molar-refractivity contribution in [2.24, 2.45) is 7.05 Å². The summed E-state index contributed by atoms with van der Waals surface area (Å²) in [6.45, 7) is 1.79. The first kappa shape index (κ1) is 16.6. The first-order valence-corrected chi connectivity index (χ1v) is 8.64. The number of nitrogens with zero attached hydrogens (tertiary/aromatic N) is 3. The van der Waals surface area contributed by atoms with Gasteiger partial charge in [0.25, 0.3) is 0 Å². The van der Waals surface area contributed by atoms with Gasteiger partial charge in [-0.1, -0.05) is 24.4 Å². The van der Waals surface area contributed by atoms with Crippen LogP contribution >= 0.6 is 11.6 Å². The molecule has 2 aromatic heterocycles. The Kier molecular flexibility index (Phi) is 5.41. The van der Waals surface area contributed by atoms with Crippen LogP contribution in [0.2, 0.25) is 5.15 Å². The van der Waals surface area contributed by atoms with Crippen LogP contribution in [0.1, 0.15) is 49.8 Å². The Bertz CT molecular complexity index is 611. The molecular formula is C17H24ClN3O2. The Morgan fingerprint density at radius 1 is 1.43 bits per heavy atom. The van der Waals surface area contributed by atoms with Gasteiger partial charge in [0, 0.05) is 13.1 Å². The maximum Gasteiger partial charge on any atom is 0.132 e. The minimum Gasteiger partial charge on any atom is -0.467 e. The fourth-order valence-corrected chi connectivity index (χ4v) is 3.47. The van der Waals surface area contributed by atoms with Gasteiger partial charge in [0.2, 0.25) is 0 Å². The molecule has 1 fully saturated rings. The highest BCUT2D eigenvalue weighted by atomic mass is 35.5. The van der Waals surface area contributed by atoms with Crippen LogP contribution in [0.3, 0.4) is 0 Å². The van der Waals surface area contributed by atoms with E-state index in [0.717, 1.165) is 25.3 Å². The number of aliphatic hydroxyl groups is 1. The molecule has 3 heterocycles. The average Bonchev–Trinajstić information content (AvgIpc) is 3.12. The summed E-state index contributed by atoms with van der Waals surface area (Å²) in [6, 6.07) is 3.98. The maximum atomic E-state index is 10.4. The van der Waals surface area contributed by atoms with Crippen molar-refractivity contribution in [3.8, 4) is 0 Å². The lowest BCUT2D eigenvalue weighted by Crippen LogP contribution is -2.36. The largest absolute Gasteiger partial charge is 0.467 e. The van der Waals surface area contributed by atoms with E-state index in [1.165, 1.54) is 19.3 Å². The highest BCUT2D eigenvalue weighted by Crippen LogP contribution is 2.28. The van der Waals surface area contributed by atoms with Crippen LogP contribution in [0.25, 0.3) is 0 Å². The molecule has 1 N–H and O–H groups in total. The van der Waals surface area contributed by atoms with Crippen molar-refractivity contribution in [2.45, 2.75) is 50.8 Å². The summed E-state index contributed by atoms with van der Waals surface area (Å²) < 4.78 is 7.26. The van der Waals surface area contributed by atoms with Gasteiger partial charge in [0.15, 0.2) is 0 Å². The summed E-state index contributed by atoms with van der Waals surface area (Å²) in [5.74, 6) is 1.61. The Morgan fingerprint density at radius 2 is 2.30 bits per heavy atom. The molecule has 5 nitrogen and oxygen atoms in total. The second-order valence-corrected chi connectivity index (χ2v) is 6.68. The van der Waals surface area contributed by atoms with Crippen LogP contribution < -0.4 is 0 Å². The third-order valence-corrected chi connectivity index (χ3v) is 5.09. The number of furan rings is 1. The van der Waals surface area contributed by atoms with Crippen LogP contribution in [0, 0.1) is 0 Å². The van der Waals surface area contributed by atoms with Crippen LogP contribution in [0.15, 0.2) is 29.0 Å². The minimum atomic E-state index is -0.555. The SMILES string of the molecule is Cn1c(Cl)cnc1CN1CCCCCC1CC(O)c1ccco1. The predicted molar refractivity (Wildman–Crippen MR) is 89.2 cm³/mol. The van der Waals surface area contributed by atoms with E-state index in [1.54, 1.807) is 12.5 Å². The molecular weight excluding hydrogens is 314 g/mol. The fraction of sp³-hybridized carbons (Fsp3) is 0.588. The molecule has 1 aliphatic rings. The quantitative estimate of drug-likeness (QED) is 0.906. The highest BCUT2D eigenvalue weighted by molar-refractivity contribution is 6.29. The lowest BCUT2D eigenvalue weighted by molar-refractivity contribution is 0.0815. The van der Waals surface area contributed by atoms with Crippen molar-refractivity contribution >= 4 is 11.6 Å². The third kappa shape index (κ3) is 3.97. The summed E-state index contributed by atoms with van der Waals surface area (Å²) >= 11 is 6.10. The smallest absolute Gasteiger partial charge is 0.132 e. The van der Waals surface area contributed by atoms with Gasteiger partial charge in [-0.3, -0.25) is 4.90 Å². The van der Waals surface area contributed by atoms with E-state index >= 15 is 0 Å². The van der Waals surface area contributed by atoms with E-state index in [9.17, 15) is 5.11 Å². The van der Waals surface area contributed by atoms with Crippen molar-refractivity contribution in [3.63, 3.8) is 0 Å². The molecule has 6 heteroatoms. The Balaban J connectivity index is 1.71.